The van der Waals surface area contributed by atoms with Crippen LogP contribution < -0.4 is 4.74 Å². The van der Waals surface area contributed by atoms with Gasteiger partial charge in [-0.05, 0) is 19.9 Å². The van der Waals surface area contributed by atoms with E-state index in [2.05, 4.69) is 9.72 Å². The molecule has 1 aromatic rings. The molecule has 0 atom stereocenters. The SMILES string of the molecule is CCOC(=O)C(F)(F)COc1ncccc1C. The Morgan fingerprint density at radius 2 is 2.24 bits per heavy atom. The predicted molar refractivity (Wildman–Crippen MR) is 56.0 cm³/mol. The van der Waals surface area contributed by atoms with Crippen LogP contribution >= 0.6 is 0 Å². The molecule has 1 aromatic heterocycles. The van der Waals surface area contributed by atoms with Crippen molar-refractivity contribution in [3.63, 3.8) is 0 Å². The smallest absolute Gasteiger partial charge is 0.380 e. The van der Waals surface area contributed by atoms with Gasteiger partial charge in [0.1, 0.15) is 0 Å². The fourth-order valence-electron chi connectivity index (χ4n) is 1.08. The molecule has 0 unspecified atom stereocenters. The number of carbonyl (C=O) groups excluding carboxylic acids is 1. The minimum atomic E-state index is -3.67. The Morgan fingerprint density at radius 1 is 1.53 bits per heavy atom. The molecule has 0 aliphatic rings. The molecule has 0 saturated carbocycles. The van der Waals surface area contributed by atoms with E-state index in [0.717, 1.165) is 0 Å². The van der Waals surface area contributed by atoms with E-state index in [4.69, 9.17) is 4.74 Å². The van der Waals surface area contributed by atoms with E-state index < -0.39 is 18.5 Å². The number of halogens is 2. The summed E-state index contributed by atoms with van der Waals surface area (Å²) in [5.74, 6) is -5.18. The molecular weight excluding hydrogens is 232 g/mol. The van der Waals surface area contributed by atoms with E-state index in [9.17, 15) is 13.6 Å². The molecule has 0 fully saturated rings. The standard InChI is InChI=1S/C11H13F2NO3/c1-3-16-10(15)11(12,13)7-17-9-8(2)5-4-6-14-9/h4-6H,3,7H2,1-2H3. The van der Waals surface area contributed by atoms with Gasteiger partial charge in [-0.3, -0.25) is 0 Å². The van der Waals surface area contributed by atoms with Gasteiger partial charge in [0.05, 0.1) is 6.61 Å². The second-order valence-electron chi connectivity index (χ2n) is 3.34. The van der Waals surface area contributed by atoms with Crippen LogP contribution in [0.2, 0.25) is 0 Å². The van der Waals surface area contributed by atoms with Crippen molar-refractivity contribution in [2.75, 3.05) is 13.2 Å². The first-order chi connectivity index (χ1) is 7.97. The van der Waals surface area contributed by atoms with Gasteiger partial charge >= 0.3 is 11.9 Å². The highest BCUT2D eigenvalue weighted by Gasteiger charge is 2.41. The van der Waals surface area contributed by atoms with E-state index >= 15 is 0 Å². The quantitative estimate of drug-likeness (QED) is 0.744. The molecule has 0 amide bonds. The van der Waals surface area contributed by atoms with Gasteiger partial charge in [0, 0.05) is 11.8 Å². The first-order valence-electron chi connectivity index (χ1n) is 5.07. The van der Waals surface area contributed by atoms with Crippen molar-refractivity contribution >= 4 is 5.97 Å². The van der Waals surface area contributed by atoms with Gasteiger partial charge in [-0.1, -0.05) is 6.07 Å². The van der Waals surface area contributed by atoms with Crippen LogP contribution in [0.4, 0.5) is 8.78 Å². The summed E-state index contributed by atoms with van der Waals surface area (Å²) in [6, 6.07) is 3.33. The average Bonchev–Trinajstić information content (AvgIpc) is 2.28. The van der Waals surface area contributed by atoms with Crippen molar-refractivity contribution in [2.45, 2.75) is 19.8 Å². The molecule has 1 rings (SSSR count). The van der Waals surface area contributed by atoms with E-state index in [0.29, 0.717) is 5.56 Å². The zero-order chi connectivity index (χ0) is 12.9. The summed E-state index contributed by atoms with van der Waals surface area (Å²) in [6.45, 7) is 1.95. The summed E-state index contributed by atoms with van der Waals surface area (Å²) in [4.78, 5) is 14.7. The Balaban J connectivity index is 2.61. The second-order valence-corrected chi connectivity index (χ2v) is 3.34. The van der Waals surface area contributed by atoms with Crippen molar-refractivity contribution in [1.29, 1.82) is 0 Å². The van der Waals surface area contributed by atoms with Crippen molar-refractivity contribution in [3.8, 4) is 5.88 Å². The number of hydrogen-bond donors (Lipinski definition) is 0. The molecule has 0 spiro atoms. The van der Waals surface area contributed by atoms with Gasteiger partial charge in [0.2, 0.25) is 5.88 Å². The van der Waals surface area contributed by atoms with Crippen LogP contribution in [0.1, 0.15) is 12.5 Å². The van der Waals surface area contributed by atoms with Crippen molar-refractivity contribution < 1.29 is 23.0 Å². The maximum Gasteiger partial charge on any atom is 0.380 e. The van der Waals surface area contributed by atoms with Crippen molar-refractivity contribution in [1.82, 2.24) is 4.98 Å². The van der Waals surface area contributed by atoms with E-state index in [1.54, 1.807) is 19.1 Å². The van der Waals surface area contributed by atoms with Gasteiger partial charge in [-0.15, -0.1) is 0 Å². The highest BCUT2D eigenvalue weighted by atomic mass is 19.3. The average molecular weight is 245 g/mol. The lowest BCUT2D eigenvalue weighted by Crippen LogP contribution is -2.37. The molecule has 17 heavy (non-hydrogen) atoms. The van der Waals surface area contributed by atoms with Gasteiger partial charge in [-0.25, -0.2) is 9.78 Å². The number of rotatable bonds is 5. The number of nitrogens with zero attached hydrogens (tertiary/aromatic N) is 1. The van der Waals surface area contributed by atoms with Crippen molar-refractivity contribution in [3.05, 3.63) is 23.9 Å². The Bertz CT molecular complexity index is 396. The third-order valence-electron chi connectivity index (χ3n) is 1.93. The van der Waals surface area contributed by atoms with Crippen molar-refractivity contribution in [2.24, 2.45) is 0 Å². The topological polar surface area (TPSA) is 48.4 Å². The first kappa shape index (κ1) is 13.3. The van der Waals surface area contributed by atoms with Gasteiger partial charge < -0.3 is 9.47 Å². The number of pyridine rings is 1. The summed E-state index contributed by atoms with van der Waals surface area (Å²) in [7, 11) is 0. The number of carbonyl (C=O) groups is 1. The molecule has 0 radical (unpaired) electrons. The monoisotopic (exact) mass is 245 g/mol. The lowest BCUT2D eigenvalue weighted by atomic mass is 10.3. The molecular formula is C11H13F2NO3. The molecule has 1 heterocycles. The van der Waals surface area contributed by atoms with E-state index in [1.165, 1.54) is 13.1 Å². The van der Waals surface area contributed by atoms with Crippen LogP contribution in [0.3, 0.4) is 0 Å². The highest BCUT2D eigenvalue weighted by Crippen LogP contribution is 2.19. The fraction of sp³-hybridized carbons (Fsp3) is 0.455. The lowest BCUT2D eigenvalue weighted by molar-refractivity contribution is -0.175. The molecule has 94 valence electrons. The van der Waals surface area contributed by atoms with Crippen LogP contribution in [0, 0.1) is 6.92 Å². The number of hydrogen-bond acceptors (Lipinski definition) is 4. The van der Waals surface area contributed by atoms with Crippen LogP contribution in [-0.2, 0) is 9.53 Å². The number of alkyl halides is 2. The number of ether oxygens (including phenoxy) is 2. The second kappa shape index (κ2) is 5.56. The summed E-state index contributed by atoms with van der Waals surface area (Å²) >= 11 is 0. The first-order valence-corrected chi connectivity index (χ1v) is 5.07. The Labute approximate surface area is 97.6 Å². The van der Waals surface area contributed by atoms with Crippen LogP contribution in [0.15, 0.2) is 18.3 Å². The largest absolute Gasteiger partial charge is 0.470 e. The number of aryl methyl sites for hydroxylation is 1. The zero-order valence-corrected chi connectivity index (χ0v) is 9.57. The highest BCUT2D eigenvalue weighted by molar-refractivity contribution is 5.77. The number of esters is 1. The molecule has 0 saturated heterocycles. The van der Waals surface area contributed by atoms with Crippen LogP contribution in [0.5, 0.6) is 5.88 Å². The molecule has 6 heteroatoms. The van der Waals surface area contributed by atoms with Crippen LogP contribution in [0.25, 0.3) is 0 Å². The Hall–Kier alpha value is -1.72. The summed E-state index contributed by atoms with van der Waals surface area (Å²) in [6.07, 6.45) is 1.42. The van der Waals surface area contributed by atoms with E-state index in [-0.39, 0.29) is 12.5 Å². The lowest BCUT2D eigenvalue weighted by Gasteiger charge is -2.15. The predicted octanol–water partition coefficient (Wildman–Crippen LogP) is 1.97. The Morgan fingerprint density at radius 3 is 2.82 bits per heavy atom. The van der Waals surface area contributed by atoms with Gasteiger partial charge in [0.25, 0.3) is 0 Å². The zero-order valence-electron chi connectivity index (χ0n) is 9.57. The molecule has 0 bridgehead atoms. The molecule has 0 N–H and O–H groups in total. The maximum absolute atomic E-state index is 13.2. The van der Waals surface area contributed by atoms with Gasteiger partial charge in [-0.2, -0.15) is 8.78 Å². The normalized spacial score (nSPS) is 11.1. The molecule has 4 nitrogen and oxygen atoms in total. The third kappa shape index (κ3) is 3.65. The summed E-state index contributed by atoms with van der Waals surface area (Å²) < 4.78 is 35.4. The number of aromatic nitrogens is 1. The fourth-order valence-corrected chi connectivity index (χ4v) is 1.08. The summed E-state index contributed by atoms with van der Waals surface area (Å²) in [5.41, 5.74) is 0.618. The Kier molecular flexibility index (Phi) is 4.37. The third-order valence-corrected chi connectivity index (χ3v) is 1.93. The minimum Gasteiger partial charge on any atom is -0.470 e. The maximum atomic E-state index is 13.2. The molecule has 0 aliphatic heterocycles. The van der Waals surface area contributed by atoms with Crippen LogP contribution in [-0.4, -0.2) is 30.1 Å². The molecule has 0 aliphatic carbocycles. The molecule has 0 aromatic carbocycles. The van der Waals surface area contributed by atoms with E-state index in [1.807, 2.05) is 0 Å². The minimum absolute atomic E-state index is 0.0801. The van der Waals surface area contributed by atoms with Gasteiger partial charge in [0.15, 0.2) is 6.61 Å². The summed E-state index contributed by atoms with van der Waals surface area (Å²) in [5, 5.41) is 0.